The molecule has 3 nitrogen and oxygen atoms in total. The predicted octanol–water partition coefficient (Wildman–Crippen LogP) is 5.79. The van der Waals surface area contributed by atoms with Crippen LogP contribution in [-0.4, -0.2) is 47.0 Å². The molecule has 2 aliphatic heterocycles. The Hall–Kier alpha value is -1.63. The molecule has 2 aromatic rings. The highest BCUT2D eigenvalue weighted by Crippen LogP contribution is 2.35. The molecule has 0 unspecified atom stereocenters. The van der Waals surface area contributed by atoms with Crippen LogP contribution in [0.5, 0.6) is 0 Å². The number of hydrogen-bond acceptors (Lipinski definition) is 3. The zero-order valence-electron chi connectivity index (χ0n) is 17.2. The lowest BCUT2D eigenvalue weighted by atomic mass is 10.0. The molecular weight excluding hydrogens is 411 g/mol. The van der Waals surface area contributed by atoms with Gasteiger partial charge in [-0.1, -0.05) is 23.7 Å². The Bertz CT molecular complexity index is 886. The molecule has 0 spiro atoms. The Labute approximate surface area is 180 Å². The van der Waals surface area contributed by atoms with Crippen molar-refractivity contribution in [3.8, 4) is 11.1 Å². The lowest BCUT2D eigenvalue weighted by Gasteiger charge is -2.36. The van der Waals surface area contributed by atoms with Crippen LogP contribution in [0.25, 0.3) is 11.1 Å². The second-order valence-corrected chi connectivity index (χ2v) is 8.78. The second kappa shape index (κ2) is 8.85. The van der Waals surface area contributed by atoms with Gasteiger partial charge in [-0.2, -0.15) is 13.2 Å². The molecule has 4 rings (SSSR count). The third kappa shape index (κ3) is 4.82. The molecule has 0 radical (unpaired) electrons. The zero-order chi connectivity index (χ0) is 21.3. The first-order chi connectivity index (χ1) is 14.3. The number of nitrogens with zero attached hydrogens (tertiary/aromatic N) is 3. The monoisotopic (exact) mass is 437 g/mol. The van der Waals surface area contributed by atoms with Gasteiger partial charge < -0.3 is 4.90 Å². The van der Waals surface area contributed by atoms with E-state index in [1.165, 1.54) is 44.8 Å². The highest BCUT2D eigenvalue weighted by molar-refractivity contribution is 6.32. The Morgan fingerprint density at radius 2 is 1.77 bits per heavy atom. The molecule has 3 heterocycles. The molecule has 7 heteroatoms. The molecular formula is C23H27ClF3N3. The van der Waals surface area contributed by atoms with Crippen molar-refractivity contribution in [3.63, 3.8) is 0 Å². The summed E-state index contributed by atoms with van der Waals surface area (Å²) in [5.41, 5.74) is 2.14. The average Bonchev–Trinajstić information content (AvgIpc) is 3.25. The summed E-state index contributed by atoms with van der Waals surface area (Å²) in [6.07, 6.45) is 0.608. The SMILES string of the molecule is Cc1cc(-c2cccc(C(F)(F)F)c2)c(Cl)nc1CN1CCC(N2CCCC2)CC1. The molecule has 0 bridgehead atoms. The minimum absolute atomic E-state index is 0.252. The molecule has 0 N–H and O–H groups in total. The van der Waals surface area contributed by atoms with Gasteiger partial charge in [-0.25, -0.2) is 4.98 Å². The molecule has 0 saturated carbocycles. The number of halogens is 4. The molecule has 2 saturated heterocycles. The fraction of sp³-hybridized carbons (Fsp3) is 0.522. The van der Waals surface area contributed by atoms with Crippen LogP contribution in [0.15, 0.2) is 30.3 Å². The molecule has 2 fully saturated rings. The Morgan fingerprint density at radius 1 is 1.07 bits per heavy atom. The molecule has 1 aromatic carbocycles. The Kier molecular flexibility index (Phi) is 6.37. The van der Waals surface area contributed by atoms with Crippen molar-refractivity contribution in [1.29, 1.82) is 0 Å². The van der Waals surface area contributed by atoms with Crippen molar-refractivity contribution < 1.29 is 13.2 Å². The van der Waals surface area contributed by atoms with Crippen molar-refractivity contribution >= 4 is 11.6 Å². The normalized spacial score (nSPS) is 19.5. The van der Waals surface area contributed by atoms with Gasteiger partial charge >= 0.3 is 6.18 Å². The number of likely N-dealkylation sites (tertiary alicyclic amines) is 2. The standard InChI is InChI=1S/C23H27ClF3N3/c1-16-13-20(17-5-4-6-18(14-17)23(25,26)27)22(24)28-21(16)15-29-11-7-19(8-12-29)30-9-2-3-10-30/h4-6,13-14,19H,2-3,7-12,15H2,1H3. The van der Waals surface area contributed by atoms with Crippen LogP contribution in [0.3, 0.4) is 0 Å². The summed E-state index contributed by atoms with van der Waals surface area (Å²) in [6.45, 7) is 7.22. The van der Waals surface area contributed by atoms with Crippen LogP contribution in [-0.2, 0) is 12.7 Å². The van der Waals surface area contributed by atoms with Crippen LogP contribution >= 0.6 is 11.6 Å². The first-order valence-corrected chi connectivity index (χ1v) is 11.0. The van der Waals surface area contributed by atoms with Gasteiger partial charge in [-0.15, -0.1) is 0 Å². The number of aromatic nitrogens is 1. The van der Waals surface area contributed by atoms with E-state index in [0.717, 1.165) is 43.0 Å². The maximum absolute atomic E-state index is 13.1. The van der Waals surface area contributed by atoms with Crippen LogP contribution < -0.4 is 0 Å². The molecule has 162 valence electrons. The van der Waals surface area contributed by atoms with E-state index in [0.29, 0.717) is 17.2 Å². The van der Waals surface area contributed by atoms with Crippen LogP contribution in [0.2, 0.25) is 5.15 Å². The summed E-state index contributed by atoms with van der Waals surface area (Å²) in [7, 11) is 0. The van der Waals surface area contributed by atoms with Crippen molar-refractivity contribution in [2.24, 2.45) is 0 Å². The van der Waals surface area contributed by atoms with E-state index < -0.39 is 11.7 Å². The fourth-order valence-electron chi connectivity index (χ4n) is 4.61. The summed E-state index contributed by atoms with van der Waals surface area (Å²) in [5, 5.41) is 0.252. The topological polar surface area (TPSA) is 19.4 Å². The molecule has 0 aliphatic carbocycles. The summed E-state index contributed by atoms with van der Waals surface area (Å²) in [5.74, 6) is 0. The number of rotatable bonds is 4. The van der Waals surface area contributed by atoms with E-state index in [9.17, 15) is 13.2 Å². The number of pyridine rings is 1. The minimum Gasteiger partial charge on any atom is -0.300 e. The largest absolute Gasteiger partial charge is 0.416 e. The number of hydrogen-bond donors (Lipinski definition) is 0. The summed E-state index contributed by atoms with van der Waals surface area (Å²) in [4.78, 5) is 9.60. The van der Waals surface area contributed by atoms with E-state index >= 15 is 0 Å². The van der Waals surface area contributed by atoms with Crippen molar-refractivity contribution in [2.45, 2.75) is 51.4 Å². The highest BCUT2D eigenvalue weighted by Gasteiger charge is 2.31. The van der Waals surface area contributed by atoms with E-state index in [2.05, 4.69) is 14.8 Å². The number of aryl methyl sites for hydroxylation is 1. The van der Waals surface area contributed by atoms with E-state index in [1.54, 1.807) is 6.07 Å². The maximum Gasteiger partial charge on any atom is 0.416 e. The van der Waals surface area contributed by atoms with Crippen LogP contribution in [0.4, 0.5) is 13.2 Å². The third-order valence-corrected chi connectivity index (χ3v) is 6.65. The minimum atomic E-state index is -4.38. The van der Waals surface area contributed by atoms with Crippen LogP contribution in [0, 0.1) is 6.92 Å². The predicted molar refractivity (Wildman–Crippen MR) is 114 cm³/mol. The fourth-order valence-corrected chi connectivity index (χ4v) is 4.88. The van der Waals surface area contributed by atoms with Gasteiger partial charge in [0, 0.05) is 31.2 Å². The van der Waals surface area contributed by atoms with Gasteiger partial charge in [-0.05, 0) is 75.0 Å². The van der Waals surface area contributed by atoms with E-state index in [-0.39, 0.29) is 5.15 Å². The summed E-state index contributed by atoms with van der Waals surface area (Å²) < 4.78 is 39.2. The van der Waals surface area contributed by atoms with Gasteiger partial charge in [-0.3, -0.25) is 4.90 Å². The first kappa shape index (κ1) is 21.6. The van der Waals surface area contributed by atoms with Gasteiger partial charge in [0.2, 0.25) is 0 Å². The van der Waals surface area contributed by atoms with Crippen molar-refractivity contribution in [2.75, 3.05) is 26.2 Å². The molecule has 0 amide bonds. The Morgan fingerprint density at radius 3 is 2.43 bits per heavy atom. The number of alkyl halides is 3. The Balaban J connectivity index is 1.46. The lowest BCUT2D eigenvalue weighted by molar-refractivity contribution is -0.137. The third-order valence-electron chi connectivity index (χ3n) is 6.36. The summed E-state index contributed by atoms with van der Waals surface area (Å²) in [6, 6.07) is 7.80. The maximum atomic E-state index is 13.1. The second-order valence-electron chi connectivity index (χ2n) is 8.42. The van der Waals surface area contributed by atoms with E-state index in [4.69, 9.17) is 11.6 Å². The van der Waals surface area contributed by atoms with Gasteiger partial charge in [0.25, 0.3) is 0 Å². The average molecular weight is 438 g/mol. The highest BCUT2D eigenvalue weighted by atomic mass is 35.5. The van der Waals surface area contributed by atoms with Crippen LogP contribution in [0.1, 0.15) is 42.5 Å². The lowest BCUT2D eigenvalue weighted by Crippen LogP contribution is -2.43. The number of piperidine rings is 1. The zero-order valence-corrected chi connectivity index (χ0v) is 17.9. The first-order valence-electron chi connectivity index (χ1n) is 10.6. The van der Waals surface area contributed by atoms with Gasteiger partial charge in [0.05, 0.1) is 11.3 Å². The number of benzene rings is 1. The quantitative estimate of drug-likeness (QED) is 0.564. The van der Waals surface area contributed by atoms with Gasteiger partial charge in [0.15, 0.2) is 0 Å². The smallest absolute Gasteiger partial charge is 0.300 e. The molecule has 0 atom stereocenters. The summed E-state index contributed by atoms with van der Waals surface area (Å²) >= 11 is 6.41. The van der Waals surface area contributed by atoms with Crippen molar-refractivity contribution in [3.05, 3.63) is 52.3 Å². The molecule has 2 aliphatic rings. The van der Waals surface area contributed by atoms with E-state index in [1.807, 2.05) is 13.0 Å². The van der Waals surface area contributed by atoms with Gasteiger partial charge in [0.1, 0.15) is 5.15 Å². The van der Waals surface area contributed by atoms with Crippen molar-refractivity contribution in [1.82, 2.24) is 14.8 Å². The molecule has 1 aromatic heterocycles. The molecule has 30 heavy (non-hydrogen) atoms.